The van der Waals surface area contributed by atoms with Gasteiger partial charge in [0, 0.05) is 31.2 Å². The maximum absolute atomic E-state index is 13.2. The van der Waals surface area contributed by atoms with Crippen LogP contribution in [-0.4, -0.2) is 55.5 Å². The number of ether oxygens (including phenoxy) is 1. The van der Waals surface area contributed by atoms with Gasteiger partial charge in [0.05, 0.1) is 28.7 Å². The van der Waals surface area contributed by atoms with Gasteiger partial charge in [0.2, 0.25) is 9.84 Å². The van der Waals surface area contributed by atoms with Crippen LogP contribution in [-0.2, 0) is 16.9 Å². The van der Waals surface area contributed by atoms with Gasteiger partial charge in [-0.1, -0.05) is 0 Å². The lowest BCUT2D eigenvalue weighted by Gasteiger charge is -2.13. The first-order chi connectivity index (χ1) is 17.6. The van der Waals surface area contributed by atoms with Crippen LogP contribution in [0.25, 0.3) is 16.9 Å². The number of nitrogens with zero attached hydrogens (tertiary/aromatic N) is 6. The van der Waals surface area contributed by atoms with E-state index in [9.17, 15) is 22.0 Å². The monoisotopic (exact) mass is 528 g/mol. The zero-order valence-electron chi connectivity index (χ0n) is 19.3. The lowest BCUT2D eigenvalue weighted by Crippen LogP contribution is -2.12. The molecule has 0 aliphatic carbocycles. The molecule has 0 saturated heterocycles. The molecule has 0 radical (unpaired) electrons. The summed E-state index contributed by atoms with van der Waals surface area (Å²) in [6.07, 6.45) is 7.06. The lowest BCUT2D eigenvalue weighted by molar-refractivity contribution is -0.0494. The highest BCUT2D eigenvalue weighted by Gasteiger charge is 2.26. The minimum absolute atomic E-state index is 0.0110. The molecule has 4 heterocycles. The first kappa shape index (κ1) is 24.1. The van der Waals surface area contributed by atoms with Crippen LogP contribution in [0.5, 0.6) is 5.75 Å². The summed E-state index contributed by atoms with van der Waals surface area (Å²) in [6.45, 7) is -1.65. The van der Waals surface area contributed by atoms with Gasteiger partial charge in [0.15, 0.2) is 5.65 Å². The number of fused-ring (bicyclic) bond motifs is 1. The Morgan fingerprint density at radius 3 is 2.78 bits per heavy atom. The molecule has 5 rings (SSSR count). The Kier molecular flexibility index (Phi) is 5.91. The molecule has 5 aromatic rings. The molecular weight excluding hydrogens is 510 g/mol. The minimum Gasteiger partial charge on any atom is -0.434 e. The molecule has 37 heavy (non-hydrogen) atoms. The molecule has 15 heteroatoms. The van der Waals surface area contributed by atoms with Gasteiger partial charge in [0.25, 0.3) is 5.91 Å². The third-order valence-corrected chi connectivity index (χ3v) is 7.27. The van der Waals surface area contributed by atoms with Crippen LogP contribution in [0.2, 0.25) is 0 Å². The number of aryl methyl sites for hydroxylation is 2. The van der Waals surface area contributed by atoms with Gasteiger partial charge in [0.1, 0.15) is 21.9 Å². The molecule has 1 amide bonds. The Morgan fingerprint density at radius 1 is 1.24 bits per heavy atom. The van der Waals surface area contributed by atoms with E-state index in [1.54, 1.807) is 19.3 Å². The molecule has 0 aliphatic rings. The highest BCUT2D eigenvalue weighted by molar-refractivity contribution is 7.91. The second-order valence-electron chi connectivity index (χ2n) is 7.86. The summed E-state index contributed by atoms with van der Waals surface area (Å²) in [5.41, 5.74) is 0.827. The van der Waals surface area contributed by atoms with E-state index in [-0.39, 0.29) is 38.0 Å². The molecule has 4 aromatic heterocycles. The number of sulfone groups is 1. The number of anilines is 1. The average Bonchev–Trinajstić information content (AvgIpc) is 3.57. The van der Waals surface area contributed by atoms with Crippen LogP contribution in [0.1, 0.15) is 16.1 Å². The van der Waals surface area contributed by atoms with Crippen molar-refractivity contribution >= 4 is 27.1 Å². The number of hydrogen-bond donors (Lipinski definition) is 2. The molecule has 0 bridgehead atoms. The van der Waals surface area contributed by atoms with Crippen molar-refractivity contribution in [1.29, 1.82) is 0 Å². The van der Waals surface area contributed by atoms with Gasteiger partial charge in [-0.15, -0.1) is 0 Å². The highest BCUT2D eigenvalue weighted by Crippen LogP contribution is 2.38. The number of hydrogen-bond acceptors (Lipinski definition) is 8. The number of alkyl halides is 2. The van der Waals surface area contributed by atoms with Crippen LogP contribution in [0.4, 0.5) is 14.5 Å². The first-order valence-electron chi connectivity index (χ1n) is 10.6. The Morgan fingerprint density at radius 2 is 2.05 bits per heavy atom. The number of H-pyrrole nitrogens is 1. The van der Waals surface area contributed by atoms with Crippen molar-refractivity contribution < 1.29 is 26.7 Å². The predicted molar refractivity (Wildman–Crippen MR) is 125 cm³/mol. The number of aromatic nitrogens is 7. The van der Waals surface area contributed by atoms with E-state index in [1.165, 1.54) is 34.7 Å². The molecular formula is C22H18F2N8O4S. The van der Waals surface area contributed by atoms with Crippen molar-refractivity contribution in [3.8, 4) is 17.0 Å². The van der Waals surface area contributed by atoms with Crippen molar-refractivity contribution in [3.05, 3.63) is 66.5 Å². The molecule has 0 unspecified atom stereocenters. The molecule has 0 spiro atoms. The van der Waals surface area contributed by atoms with Crippen molar-refractivity contribution in [2.24, 2.45) is 7.05 Å². The van der Waals surface area contributed by atoms with Gasteiger partial charge in [-0.25, -0.2) is 17.9 Å². The van der Waals surface area contributed by atoms with E-state index in [2.05, 4.69) is 35.4 Å². The summed E-state index contributed by atoms with van der Waals surface area (Å²) in [4.78, 5) is 16.9. The number of carbonyl (C=O) groups excluding carboxylic acids is 1. The quantitative estimate of drug-likeness (QED) is 0.328. The largest absolute Gasteiger partial charge is 0.434 e. The number of aromatic amines is 1. The van der Waals surface area contributed by atoms with Crippen LogP contribution < -0.4 is 10.1 Å². The number of benzene rings is 1. The fraction of sp³-hybridized carbons (Fsp3) is 0.136. The minimum atomic E-state index is -4.07. The Labute approximate surface area is 207 Å². The third-order valence-electron chi connectivity index (χ3n) is 5.41. The molecule has 2 N–H and O–H groups in total. The average molecular weight is 529 g/mol. The van der Waals surface area contributed by atoms with Crippen molar-refractivity contribution in [1.82, 2.24) is 34.6 Å². The van der Waals surface area contributed by atoms with E-state index in [1.807, 2.05) is 0 Å². The zero-order valence-corrected chi connectivity index (χ0v) is 20.1. The first-order valence-corrected chi connectivity index (χ1v) is 12.1. The van der Waals surface area contributed by atoms with E-state index in [4.69, 9.17) is 0 Å². The summed E-state index contributed by atoms with van der Waals surface area (Å²) in [5, 5.41) is 17.3. The molecule has 1 aromatic carbocycles. The molecule has 12 nitrogen and oxygen atoms in total. The zero-order chi connectivity index (χ0) is 26.3. The van der Waals surface area contributed by atoms with Crippen LogP contribution in [0.3, 0.4) is 0 Å². The Bertz CT molecular complexity index is 1740. The molecule has 190 valence electrons. The maximum Gasteiger partial charge on any atom is 0.387 e. The second kappa shape index (κ2) is 9.09. The number of amides is 1. The van der Waals surface area contributed by atoms with Gasteiger partial charge >= 0.3 is 6.61 Å². The number of nitrogens with one attached hydrogen (secondary N) is 2. The maximum atomic E-state index is 13.2. The fourth-order valence-electron chi connectivity index (χ4n) is 3.75. The van der Waals surface area contributed by atoms with Crippen LogP contribution in [0, 0.1) is 6.92 Å². The highest BCUT2D eigenvalue weighted by atomic mass is 32.2. The SMILES string of the molecule is Cc1[nH]ncc1S(=O)(=O)c1ccc(OC(F)F)c(-c2nn(C)cc2NC(=O)c2cnn3cccnc23)c1. The summed E-state index contributed by atoms with van der Waals surface area (Å²) in [6, 6.07) is 5.07. The summed E-state index contributed by atoms with van der Waals surface area (Å²) >= 11 is 0. The normalized spacial score (nSPS) is 11.8. The standard InChI is InChI=1S/C22H18F2N8O4S/c1-12-18(10-26-29-12)37(34,35)13-4-5-17(36-22(23)24)14(8-13)19-16(11-31(2)30-19)28-21(33)15-9-27-32-7-3-6-25-20(15)32/h3-11,22H,1-2H3,(H,26,29)(H,28,33). The van der Waals surface area contributed by atoms with Gasteiger partial charge in [-0.05, 0) is 31.2 Å². The fourth-order valence-corrected chi connectivity index (χ4v) is 5.17. The van der Waals surface area contributed by atoms with Crippen molar-refractivity contribution in [3.63, 3.8) is 0 Å². The van der Waals surface area contributed by atoms with Crippen molar-refractivity contribution in [2.45, 2.75) is 23.3 Å². The van der Waals surface area contributed by atoms with E-state index in [0.717, 1.165) is 24.4 Å². The number of rotatable bonds is 7. The van der Waals surface area contributed by atoms with Gasteiger partial charge < -0.3 is 10.1 Å². The molecule has 0 atom stereocenters. The molecule has 0 fully saturated rings. The van der Waals surface area contributed by atoms with E-state index >= 15 is 0 Å². The molecule has 0 saturated carbocycles. The summed E-state index contributed by atoms with van der Waals surface area (Å²) in [5.74, 6) is -0.915. The summed E-state index contributed by atoms with van der Waals surface area (Å²) < 4.78 is 60.3. The lowest BCUT2D eigenvalue weighted by atomic mass is 10.1. The van der Waals surface area contributed by atoms with Crippen LogP contribution >= 0.6 is 0 Å². The van der Waals surface area contributed by atoms with E-state index < -0.39 is 22.4 Å². The Balaban J connectivity index is 1.60. The number of halogens is 2. The predicted octanol–water partition coefficient (Wildman–Crippen LogP) is 2.85. The van der Waals surface area contributed by atoms with Crippen LogP contribution in [0.15, 0.2) is 65.0 Å². The van der Waals surface area contributed by atoms with Gasteiger partial charge in [-0.2, -0.15) is 24.1 Å². The topological polar surface area (TPSA) is 149 Å². The number of carbonyl (C=O) groups is 1. The Hall–Kier alpha value is -4.66. The second-order valence-corrected chi connectivity index (χ2v) is 9.78. The van der Waals surface area contributed by atoms with Crippen molar-refractivity contribution in [2.75, 3.05) is 5.32 Å². The molecule has 0 aliphatic heterocycles. The third kappa shape index (κ3) is 4.40. The smallest absolute Gasteiger partial charge is 0.387 e. The summed E-state index contributed by atoms with van der Waals surface area (Å²) in [7, 11) is -2.51. The van der Waals surface area contributed by atoms with Gasteiger partial charge in [-0.3, -0.25) is 14.6 Å². The van der Waals surface area contributed by atoms with E-state index in [0.29, 0.717) is 11.3 Å².